The van der Waals surface area contributed by atoms with E-state index in [1.165, 1.54) is 0 Å². The zero-order valence-corrected chi connectivity index (χ0v) is 18.5. The molecule has 2 fully saturated rings. The Morgan fingerprint density at radius 1 is 1.30 bits per heavy atom. The van der Waals surface area contributed by atoms with Crippen molar-refractivity contribution in [3.8, 4) is 11.8 Å². The molecule has 33 heavy (non-hydrogen) atoms. The minimum absolute atomic E-state index is 0.0628. The molecule has 170 valence electrons. The van der Waals surface area contributed by atoms with Crippen LogP contribution in [-0.2, 0) is 11.8 Å². The van der Waals surface area contributed by atoms with Crippen molar-refractivity contribution in [2.75, 3.05) is 30.3 Å². The van der Waals surface area contributed by atoms with Crippen molar-refractivity contribution in [3.63, 3.8) is 0 Å². The number of aromatic nitrogens is 4. The molecule has 5 rings (SSSR count). The van der Waals surface area contributed by atoms with E-state index in [0.29, 0.717) is 40.5 Å². The van der Waals surface area contributed by atoms with Gasteiger partial charge >= 0.3 is 0 Å². The van der Waals surface area contributed by atoms with Crippen LogP contribution in [-0.4, -0.2) is 51.6 Å². The number of benzene rings is 1. The summed E-state index contributed by atoms with van der Waals surface area (Å²) in [6.45, 7) is 5.93. The minimum atomic E-state index is -0.193. The van der Waals surface area contributed by atoms with Crippen LogP contribution >= 0.6 is 0 Å². The monoisotopic (exact) mass is 445 g/mol. The lowest BCUT2D eigenvalue weighted by atomic mass is 9.73. The lowest BCUT2D eigenvalue weighted by molar-refractivity contribution is 0.109. The Kier molecular flexibility index (Phi) is 5.19. The van der Waals surface area contributed by atoms with Crippen molar-refractivity contribution >= 4 is 22.7 Å². The lowest BCUT2D eigenvalue weighted by Gasteiger charge is -2.41. The van der Waals surface area contributed by atoms with E-state index in [-0.39, 0.29) is 23.1 Å². The van der Waals surface area contributed by atoms with Crippen LogP contribution in [0.4, 0.5) is 11.6 Å². The first-order valence-electron chi connectivity index (χ1n) is 11.0. The predicted molar refractivity (Wildman–Crippen MR) is 128 cm³/mol. The second kappa shape index (κ2) is 8.06. The van der Waals surface area contributed by atoms with E-state index in [0.717, 1.165) is 25.9 Å². The molecule has 2 atom stereocenters. The standard InChI is InChI=1S/C24H27N7O2/c1-3-18-20(26)24(14-33-18)10-12-31(13-11-24)23-27-21-19(22(32)30(23)2)17(28-29-21)9-8-15-6-4-5-7-16(15)25/h3-7,18,20H,1,10-14,25-26H2,2H3,(H,28,29)/t18-,20+/m0/s1. The van der Waals surface area contributed by atoms with Crippen molar-refractivity contribution in [2.24, 2.45) is 18.2 Å². The molecule has 1 spiro atoms. The van der Waals surface area contributed by atoms with Gasteiger partial charge in [-0.2, -0.15) is 10.1 Å². The van der Waals surface area contributed by atoms with E-state index < -0.39 is 0 Å². The topological polar surface area (TPSA) is 128 Å². The number of aromatic amines is 1. The van der Waals surface area contributed by atoms with Crippen molar-refractivity contribution in [1.29, 1.82) is 0 Å². The Hall–Kier alpha value is -3.61. The normalized spacial score (nSPS) is 21.8. The number of H-pyrrole nitrogens is 1. The van der Waals surface area contributed by atoms with E-state index in [1.807, 2.05) is 18.2 Å². The summed E-state index contributed by atoms with van der Waals surface area (Å²) in [5.74, 6) is 6.59. The second-order valence-electron chi connectivity index (χ2n) is 8.80. The molecule has 9 nitrogen and oxygen atoms in total. The van der Waals surface area contributed by atoms with Gasteiger partial charge in [0.2, 0.25) is 5.95 Å². The van der Waals surface area contributed by atoms with E-state index >= 15 is 0 Å². The van der Waals surface area contributed by atoms with Gasteiger partial charge in [-0.05, 0) is 30.9 Å². The molecule has 0 unspecified atom stereocenters. The summed E-state index contributed by atoms with van der Waals surface area (Å²) in [6, 6.07) is 7.26. The summed E-state index contributed by atoms with van der Waals surface area (Å²) in [4.78, 5) is 20.0. The summed E-state index contributed by atoms with van der Waals surface area (Å²) in [5, 5.41) is 7.48. The van der Waals surface area contributed by atoms with Crippen LogP contribution in [0.15, 0.2) is 41.7 Å². The minimum Gasteiger partial charge on any atom is -0.398 e. The highest BCUT2D eigenvalue weighted by Crippen LogP contribution is 2.42. The van der Waals surface area contributed by atoms with Crippen LogP contribution in [0.1, 0.15) is 24.1 Å². The average molecular weight is 446 g/mol. The molecule has 3 aromatic rings. The van der Waals surface area contributed by atoms with Crippen LogP contribution < -0.4 is 21.9 Å². The molecule has 4 heterocycles. The summed E-state index contributed by atoms with van der Waals surface area (Å²) in [7, 11) is 1.73. The molecular formula is C24H27N7O2. The highest BCUT2D eigenvalue weighted by atomic mass is 16.5. The molecule has 2 saturated heterocycles. The van der Waals surface area contributed by atoms with Gasteiger partial charge in [0, 0.05) is 42.8 Å². The largest absolute Gasteiger partial charge is 0.398 e. The van der Waals surface area contributed by atoms with E-state index in [4.69, 9.17) is 21.2 Å². The Bertz CT molecular complexity index is 1340. The summed E-state index contributed by atoms with van der Waals surface area (Å²) in [5.41, 5.74) is 14.2. The van der Waals surface area contributed by atoms with Crippen LogP contribution in [0.2, 0.25) is 0 Å². The number of para-hydroxylation sites is 1. The molecule has 0 bridgehead atoms. The molecule has 2 aromatic heterocycles. The van der Waals surface area contributed by atoms with E-state index in [2.05, 4.69) is 33.5 Å². The van der Waals surface area contributed by atoms with Gasteiger partial charge < -0.3 is 21.1 Å². The molecule has 5 N–H and O–H groups in total. The quantitative estimate of drug-likeness (QED) is 0.306. The van der Waals surface area contributed by atoms with Crippen molar-refractivity contribution < 1.29 is 4.74 Å². The number of nitrogens with two attached hydrogens (primary N) is 2. The first-order valence-corrected chi connectivity index (χ1v) is 11.0. The van der Waals surface area contributed by atoms with Crippen molar-refractivity contribution in [1.82, 2.24) is 19.7 Å². The molecule has 0 aliphatic carbocycles. The third-order valence-electron chi connectivity index (χ3n) is 6.95. The first kappa shape index (κ1) is 21.2. The predicted octanol–water partition coefficient (Wildman–Crippen LogP) is 1.14. The number of piperidine rings is 1. The van der Waals surface area contributed by atoms with Crippen LogP contribution in [0, 0.1) is 17.3 Å². The van der Waals surface area contributed by atoms with Gasteiger partial charge in [0.1, 0.15) is 11.1 Å². The molecule has 2 aliphatic rings. The highest BCUT2D eigenvalue weighted by Gasteiger charge is 2.48. The number of rotatable bonds is 2. The van der Waals surface area contributed by atoms with E-state index in [9.17, 15) is 4.79 Å². The van der Waals surface area contributed by atoms with Gasteiger partial charge in [-0.3, -0.25) is 14.5 Å². The number of nitrogens with zero attached hydrogens (tertiary/aromatic N) is 4. The zero-order valence-electron chi connectivity index (χ0n) is 18.5. The molecule has 0 saturated carbocycles. The molecular weight excluding hydrogens is 418 g/mol. The highest BCUT2D eigenvalue weighted by molar-refractivity contribution is 5.81. The fourth-order valence-electron chi connectivity index (χ4n) is 4.81. The van der Waals surface area contributed by atoms with Gasteiger partial charge in [0.15, 0.2) is 5.65 Å². The maximum absolute atomic E-state index is 13.2. The number of hydrogen-bond acceptors (Lipinski definition) is 7. The Labute approximate surface area is 191 Å². The smallest absolute Gasteiger partial charge is 0.267 e. The van der Waals surface area contributed by atoms with Crippen molar-refractivity contribution in [2.45, 2.75) is 25.0 Å². The maximum atomic E-state index is 13.2. The number of nitrogen functional groups attached to an aromatic ring is 1. The van der Waals surface area contributed by atoms with Crippen molar-refractivity contribution in [3.05, 3.63) is 58.5 Å². The second-order valence-corrected chi connectivity index (χ2v) is 8.80. The van der Waals surface area contributed by atoms with Crippen LogP contribution in [0.5, 0.6) is 0 Å². The summed E-state index contributed by atoms with van der Waals surface area (Å²) >= 11 is 0. The SMILES string of the molecule is C=C[C@@H]1OCC2(CCN(c3nc4n[nH]c(C#Cc5ccccc5N)c4c(=O)n3C)CC2)[C@@H]1N. The lowest BCUT2D eigenvalue weighted by Crippen LogP contribution is -2.51. The average Bonchev–Trinajstić information content (AvgIpc) is 3.37. The Morgan fingerprint density at radius 3 is 2.76 bits per heavy atom. The molecule has 0 amide bonds. The number of anilines is 2. The number of nitrogens with one attached hydrogen (secondary N) is 1. The summed E-state index contributed by atoms with van der Waals surface area (Å²) in [6.07, 6.45) is 3.41. The number of fused-ring (bicyclic) bond motifs is 1. The van der Waals surface area contributed by atoms with Gasteiger partial charge in [-0.15, -0.1) is 6.58 Å². The van der Waals surface area contributed by atoms with Gasteiger partial charge in [-0.25, -0.2) is 0 Å². The first-order chi connectivity index (χ1) is 15.9. The fraction of sp³-hybridized carbons (Fsp3) is 0.375. The Morgan fingerprint density at radius 2 is 2.06 bits per heavy atom. The third kappa shape index (κ3) is 3.48. The van der Waals surface area contributed by atoms with Gasteiger partial charge in [-0.1, -0.05) is 24.1 Å². The number of ether oxygens (including phenoxy) is 1. The van der Waals surface area contributed by atoms with Crippen LogP contribution in [0.3, 0.4) is 0 Å². The van der Waals surface area contributed by atoms with Gasteiger partial charge in [0.25, 0.3) is 5.56 Å². The number of hydrogen-bond donors (Lipinski definition) is 3. The fourth-order valence-corrected chi connectivity index (χ4v) is 4.81. The maximum Gasteiger partial charge on any atom is 0.267 e. The molecule has 9 heteroatoms. The zero-order chi connectivity index (χ0) is 23.2. The Balaban J connectivity index is 1.43. The van der Waals surface area contributed by atoms with Crippen LogP contribution in [0.25, 0.3) is 11.0 Å². The molecule has 0 radical (unpaired) electrons. The summed E-state index contributed by atoms with van der Waals surface area (Å²) < 4.78 is 7.41. The van der Waals surface area contributed by atoms with E-state index in [1.54, 1.807) is 23.8 Å². The third-order valence-corrected chi connectivity index (χ3v) is 6.95. The van der Waals surface area contributed by atoms with Gasteiger partial charge in [0.05, 0.1) is 12.7 Å². The molecule has 2 aliphatic heterocycles. The molecule has 1 aromatic carbocycles.